The van der Waals surface area contributed by atoms with E-state index < -0.39 is 0 Å². The Morgan fingerprint density at radius 2 is 1.74 bits per heavy atom. The third-order valence-electron chi connectivity index (χ3n) is 4.48. The maximum atomic E-state index is 5.94. The summed E-state index contributed by atoms with van der Waals surface area (Å²) in [5.41, 5.74) is 3.38. The molecule has 0 aliphatic carbocycles. The average molecular weight is 397 g/mol. The van der Waals surface area contributed by atoms with Gasteiger partial charge in [0, 0.05) is 15.8 Å². The lowest BCUT2D eigenvalue weighted by Crippen LogP contribution is -1.95. The molecule has 0 saturated heterocycles. The van der Waals surface area contributed by atoms with Crippen molar-refractivity contribution in [1.29, 1.82) is 0 Å². The number of thiophene rings is 1. The maximum absolute atomic E-state index is 5.94. The molecular formula is C20H20N4OS2. The molecule has 5 nitrogen and oxygen atoms in total. The van der Waals surface area contributed by atoms with Gasteiger partial charge in [0.05, 0.1) is 5.25 Å². The van der Waals surface area contributed by atoms with Gasteiger partial charge in [-0.3, -0.25) is 0 Å². The van der Waals surface area contributed by atoms with Crippen molar-refractivity contribution in [3.05, 3.63) is 52.0 Å². The van der Waals surface area contributed by atoms with E-state index in [1.54, 1.807) is 23.1 Å². The normalized spacial score (nSPS) is 12.6. The van der Waals surface area contributed by atoms with E-state index in [2.05, 4.69) is 47.9 Å². The second kappa shape index (κ2) is 7.05. The third kappa shape index (κ3) is 3.49. The molecule has 0 radical (unpaired) electrons. The van der Waals surface area contributed by atoms with E-state index in [1.165, 1.54) is 16.0 Å². The fourth-order valence-corrected chi connectivity index (χ4v) is 5.05. The summed E-state index contributed by atoms with van der Waals surface area (Å²) >= 11 is 3.35. The van der Waals surface area contributed by atoms with Crippen LogP contribution >= 0.6 is 23.1 Å². The van der Waals surface area contributed by atoms with Crippen LogP contribution in [0.3, 0.4) is 0 Å². The average Bonchev–Trinajstić information content (AvgIpc) is 3.21. The van der Waals surface area contributed by atoms with Crippen molar-refractivity contribution in [2.24, 2.45) is 0 Å². The van der Waals surface area contributed by atoms with E-state index >= 15 is 0 Å². The summed E-state index contributed by atoms with van der Waals surface area (Å²) in [5, 5.41) is 10.6. The van der Waals surface area contributed by atoms with Gasteiger partial charge in [-0.2, -0.15) is 0 Å². The highest BCUT2D eigenvalue weighted by molar-refractivity contribution is 7.99. The van der Waals surface area contributed by atoms with E-state index in [0.29, 0.717) is 11.8 Å². The minimum Gasteiger partial charge on any atom is -0.419 e. The van der Waals surface area contributed by atoms with Crippen LogP contribution < -0.4 is 0 Å². The van der Waals surface area contributed by atoms with Crippen LogP contribution in [0.15, 0.2) is 33.7 Å². The zero-order valence-corrected chi connectivity index (χ0v) is 17.5. The highest BCUT2D eigenvalue weighted by Crippen LogP contribution is 2.41. The Morgan fingerprint density at radius 1 is 1.00 bits per heavy atom. The second-order valence-electron chi connectivity index (χ2n) is 6.61. The lowest BCUT2D eigenvalue weighted by atomic mass is 10.1. The van der Waals surface area contributed by atoms with Gasteiger partial charge in [0.15, 0.2) is 0 Å². The number of aromatic nitrogens is 4. The smallest absolute Gasteiger partial charge is 0.247 e. The first-order valence-electron chi connectivity index (χ1n) is 8.74. The monoisotopic (exact) mass is 396 g/mol. The van der Waals surface area contributed by atoms with Gasteiger partial charge in [-0.05, 0) is 52.3 Å². The van der Waals surface area contributed by atoms with Gasteiger partial charge in [-0.15, -0.1) is 21.5 Å². The summed E-state index contributed by atoms with van der Waals surface area (Å²) in [6.07, 6.45) is 0. The predicted molar refractivity (Wildman–Crippen MR) is 110 cm³/mol. The Kier molecular flexibility index (Phi) is 4.74. The van der Waals surface area contributed by atoms with E-state index in [0.717, 1.165) is 26.6 Å². The molecule has 0 saturated carbocycles. The quantitative estimate of drug-likeness (QED) is 0.319. The van der Waals surface area contributed by atoms with Crippen molar-refractivity contribution in [3.63, 3.8) is 0 Å². The Hall–Kier alpha value is -2.25. The summed E-state index contributed by atoms with van der Waals surface area (Å²) in [6.45, 7) is 10.3. The number of fused-ring (bicyclic) bond motifs is 1. The summed E-state index contributed by atoms with van der Waals surface area (Å²) in [6, 6.07) is 8.08. The number of benzene rings is 1. The topological polar surface area (TPSA) is 64.7 Å². The van der Waals surface area contributed by atoms with Crippen molar-refractivity contribution in [3.8, 4) is 11.5 Å². The van der Waals surface area contributed by atoms with Crippen molar-refractivity contribution in [2.45, 2.75) is 44.9 Å². The summed E-state index contributed by atoms with van der Waals surface area (Å²) in [7, 11) is 0. The molecular weight excluding hydrogens is 376 g/mol. The van der Waals surface area contributed by atoms with Gasteiger partial charge >= 0.3 is 0 Å². The number of hydrogen-bond acceptors (Lipinski definition) is 7. The molecule has 0 spiro atoms. The minimum atomic E-state index is -0.00574. The Labute approximate surface area is 166 Å². The SMILES string of the molecule is Cc1ccc(-c2nnc(C(C)Sc3nc(C)nc4sc(C)c(C)c34)o2)cc1. The lowest BCUT2D eigenvalue weighted by Gasteiger charge is -2.08. The van der Waals surface area contributed by atoms with Crippen LogP contribution in [0.25, 0.3) is 21.7 Å². The van der Waals surface area contributed by atoms with Gasteiger partial charge in [0.2, 0.25) is 11.8 Å². The number of hydrogen-bond donors (Lipinski definition) is 0. The molecule has 27 heavy (non-hydrogen) atoms. The molecule has 1 unspecified atom stereocenters. The standard InChI is InChI=1S/C20H20N4OS2/c1-10-6-8-15(9-7-10)18-24-23-17(25-18)13(4)27-20-16-11(2)12(3)26-19(16)21-14(5)22-20/h6-9,13H,1-5H3. The van der Waals surface area contributed by atoms with Crippen LogP contribution in [0.1, 0.15) is 39.9 Å². The Bertz CT molecular complexity index is 1120. The lowest BCUT2D eigenvalue weighted by molar-refractivity contribution is 0.509. The van der Waals surface area contributed by atoms with Crippen molar-refractivity contribution < 1.29 is 4.42 Å². The fourth-order valence-electron chi connectivity index (χ4n) is 2.83. The maximum Gasteiger partial charge on any atom is 0.247 e. The third-order valence-corrected chi connectivity index (χ3v) is 6.66. The molecule has 138 valence electrons. The number of nitrogens with zero attached hydrogens (tertiary/aromatic N) is 4. The predicted octanol–water partition coefficient (Wildman–Crippen LogP) is 5.83. The molecule has 3 heterocycles. The molecule has 4 aromatic rings. The first-order valence-corrected chi connectivity index (χ1v) is 10.4. The molecule has 0 aliphatic rings. The van der Waals surface area contributed by atoms with Crippen LogP contribution in [0.5, 0.6) is 0 Å². The van der Waals surface area contributed by atoms with Gasteiger partial charge in [-0.25, -0.2) is 9.97 Å². The molecule has 7 heteroatoms. The first-order chi connectivity index (χ1) is 12.9. The van der Waals surface area contributed by atoms with E-state index in [4.69, 9.17) is 4.42 Å². The van der Waals surface area contributed by atoms with E-state index in [-0.39, 0.29) is 5.25 Å². The van der Waals surface area contributed by atoms with Gasteiger partial charge in [-0.1, -0.05) is 29.5 Å². The molecule has 0 aliphatic heterocycles. The van der Waals surface area contributed by atoms with Gasteiger partial charge in [0.25, 0.3) is 0 Å². The zero-order chi connectivity index (χ0) is 19.1. The van der Waals surface area contributed by atoms with Crippen LogP contribution in [-0.2, 0) is 0 Å². The van der Waals surface area contributed by atoms with Crippen LogP contribution in [0.2, 0.25) is 0 Å². The summed E-state index contributed by atoms with van der Waals surface area (Å²) in [5.74, 6) is 1.93. The molecule has 0 bridgehead atoms. The molecule has 4 rings (SSSR count). The molecule has 1 aromatic carbocycles. The Morgan fingerprint density at radius 3 is 2.48 bits per heavy atom. The van der Waals surface area contributed by atoms with Crippen LogP contribution in [0, 0.1) is 27.7 Å². The highest BCUT2D eigenvalue weighted by atomic mass is 32.2. The second-order valence-corrected chi connectivity index (χ2v) is 9.14. The largest absolute Gasteiger partial charge is 0.419 e. The number of aryl methyl sites for hydroxylation is 4. The summed E-state index contributed by atoms with van der Waals surface area (Å²) in [4.78, 5) is 11.6. The van der Waals surface area contributed by atoms with Crippen molar-refractivity contribution in [1.82, 2.24) is 20.2 Å². The van der Waals surface area contributed by atoms with Crippen molar-refractivity contribution in [2.75, 3.05) is 0 Å². The molecule has 1 atom stereocenters. The fraction of sp³-hybridized carbons (Fsp3) is 0.300. The van der Waals surface area contributed by atoms with Gasteiger partial charge < -0.3 is 4.42 Å². The molecule has 0 fully saturated rings. The minimum absolute atomic E-state index is 0.00574. The van der Waals surface area contributed by atoms with Gasteiger partial charge in [0.1, 0.15) is 15.7 Å². The van der Waals surface area contributed by atoms with E-state index in [1.807, 2.05) is 31.2 Å². The van der Waals surface area contributed by atoms with Crippen LogP contribution in [0.4, 0.5) is 0 Å². The number of thioether (sulfide) groups is 1. The van der Waals surface area contributed by atoms with Crippen molar-refractivity contribution >= 4 is 33.3 Å². The van der Waals surface area contributed by atoms with E-state index in [9.17, 15) is 0 Å². The summed E-state index contributed by atoms with van der Waals surface area (Å²) < 4.78 is 5.94. The van der Waals surface area contributed by atoms with Crippen LogP contribution in [-0.4, -0.2) is 20.2 Å². The molecule has 3 aromatic heterocycles. The highest BCUT2D eigenvalue weighted by Gasteiger charge is 2.21. The Balaban J connectivity index is 1.64. The first kappa shape index (κ1) is 18.1. The molecule has 0 N–H and O–H groups in total. The number of rotatable bonds is 4. The zero-order valence-electron chi connectivity index (χ0n) is 15.9. The molecule has 0 amide bonds.